The summed E-state index contributed by atoms with van der Waals surface area (Å²) in [6.45, 7) is 4.34. The lowest BCUT2D eigenvalue weighted by Gasteiger charge is -2.35. The number of nitrogens with zero attached hydrogens (tertiary/aromatic N) is 6. The van der Waals surface area contributed by atoms with Gasteiger partial charge >= 0.3 is 0 Å². The molecule has 0 radical (unpaired) electrons. The maximum Gasteiger partial charge on any atom is 0.168 e. The van der Waals surface area contributed by atoms with E-state index in [0.717, 1.165) is 43.1 Å². The van der Waals surface area contributed by atoms with Crippen LogP contribution in [-0.2, 0) is 0 Å². The highest BCUT2D eigenvalue weighted by Gasteiger charge is 2.21. The first kappa shape index (κ1) is 15.9. The first-order valence-electron chi connectivity index (χ1n) is 8.29. The molecule has 0 spiro atoms. The second kappa shape index (κ2) is 6.73. The number of aliphatic hydroxyl groups excluding tert-OH is 1. The van der Waals surface area contributed by atoms with Crippen molar-refractivity contribution < 1.29 is 9.50 Å². The van der Waals surface area contributed by atoms with Gasteiger partial charge in [-0.15, -0.1) is 0 Å². The van der Waals surface area contributed by atoms with Crippen LogP contribution in [0.4, 0.5) is 10.2 Å². The van der Waals surface area contributed by atoms with Crippen LogP contribution in [0.25, 0.3) is 16.7 Å². The van der Waals surface area contributed by atoms with Crippen LogP contribution >= 0.6 is 0 Å². The quantitative estimate of drug-likeness (QED) is 0.765. The first-order chi connectivity index (χ1) is 12.3. The number of aliphatic hydroxyl groups is 1. The summed E-state index contributed by atoms with van der Waals surface area (Å²) in [7, 11) is 0. The van der Waals surface area contributed by atoms with Crippen molar-refractivity contribution in [2.24, 2.45) is 0 Å². The standard InChI is InChI=1S/C17H19FN6O/c18-13-1-3-14(4-2-13)24-17-15(11-21-24)16(19-12-20-17)23-7-5-22(6-8-23)9-10-25/h1-4,11-12,25H,5-10H2. The summed E-state index contributed by atoms with van der Waals surface area (Å²) in [5.41, 5.74) is 1.46. The summed E-state index contributed by atoms with van der Waals surface area (Å²) in [5, 5.41) is 14.4. The molecular formula is C17H19FN6O. The number of β-amino-alcohol motifs (C(OH)–C–C–N with tert-alkyl or cyclic N) is 1. The van der Waals surface area contributed by atoms with Gasteiger partial charge in [0.15, 0.2) is 5.65 Å². The van der Waals surface area contributed by atoms with E-state index in [9.17, 15) is 4.39 Å². The molecule has 0 amide bonds. The average molecular weight is 342 g/mol. The van der Waals surface area contributed by atoms with Crippen molar-refractivity contribution in [1.29, 1.82) is 0 Å². The van der Waals surface area contributed by atoms with E-state index in [1.54, 1.807) is 29.3 Å². The fourth-order valence-electron chi connectivity index (χ4n) is 3.18. The number of hydrogen-bond donors (Lipinski definition) is 1. The summed E-state index contributed by atoms with van der Waals surface area (Å²) in [6, 6.07) is 6.17. The van der Waals surface area contributed by atoms with Crippen molar-refractivity contribution in [3.8, 4) is 5.69 Å². The van der Waals surface area contributed by atoms with Crippen LogP contribution in [0.15, 0.2) is 36.8 Å². The molecule has 3 aromatic rings. The van der Waals surface area contributed by atoms with Gasteiger partial charge < -0.3 is 10.0 Å². The predicted octanol–water partition coefficient (Wildman–Crippen LogP) is 1.07. The molecule has 8 heteroatoms. The third-order valence-corrected chi connectivity index (χ3v) is 4.50. The van der Waals surface area contributed by atoms with E-state index in [4.69, 9.17) is 5.11 Å². The van der Waals surface area contributed by atoms with Crippen molar-refractivity contribution >= 4 is 16.9 Å². The second-order valence-corrected chi connectivity index (χ2v) is 6.02. The maximum atomic E-state index is 13.2. The van der Waals surface area contributed by atoms with E-state index in [-0.39, 0.29) is 12.4 Å². The molecule has 0 bridgehead atoms. The Kier molecular flexibility index (Phi) is 4.29. The number of benzene rings is 1. The van der Waals surface area contributed by atoms with Gasteiger partial charge in [0.25, 0.3) is 0 Å². The van der Waals surface area contributed by atoms with Crippen LogP contribution in [0.2, 0.25) is 0 Å². The zero-order valence-corrected chi connectivity index (χ0v) is 13.7. The lowest BCUT2D eigenvalue weighted by molar-refractivity contribution is 0.188. The molecular weight excluding hydrogens is 323 g/mol. The summed E-state index contributed by atoms with van der Waals surface area (Å²) in [4.78, 5) is 13.3. The van der Waals surface area contributed by atoms with Gasteiger partial charge in [-0.25, -0.2) is 19.0 Å². The lowest BCUT2D eigenvalue weighted by atomic mass is 10.2. The highest BCUT2D eigenvalue weighted by Crippen LogP contribution is 2.25. The number of rotatable bonds is 4. The Bertz CT molecular complexity index is 857. The van der Waals surface area contributed by atoms with Crippen molar-refractivity contribution in [2.45, 2.75) is 0 Å². The van der Waals surface area contributed by atoms with Crippen molar-refractivity contribution in [3.05, 3.63) is 42.6 Å². The molecule has 0 saturated carbocycles. The zero-order chi connectivity index (χ0) is 17.2. The molecule has 0 unspecified atom stereocenters. The number of halogens is 1. The Morgan fingerprint density at radius 2 is 1.80 bits per heavy atom. The van der Waals surface area contributed by atoms with Gasteiger partial charge in [0.2, 0.25) is 0 Å². The van der Waals surface area contributed by atoms with Gasteiger partial charge in [0, 0.05) is 32.7 Å². The monoisotopic (exact) mass is 342 g/mol. The molecule has 1 fully saturated rings. The predicted molar refractivity (Wildman–Crippen MR) is 92.4 cm³/mol. The highest BCUT2D eigenvalue weighted by atomic mass is 19.1. The minimum atomic E-state index is -0.281. The van der Waals surface area contributed by atoms with E-state index < -0.39 is 0 Å². The molecule has 1 aliphatic rings. The van der Waals surface area contributed by atoms with E-state index in [0.29, 0.717) is 12.2 Å². The maximum absolute atomic E-state index is 13.2. The van der Waals surface area contributed by atoms with Gasteiger partial charge in [0.05, 0.1) is 23.9 Å². The molecule has 25 heavy (non-hydrogen) atoms. The van der Waals surface area contributed by atoms with Gasteiger partial charge in [-0.05, 0) is 24.3 Å². The van der Waals surface area contributed by atoms with Crippen molar-refractivity contribution in [2.75, 3.05) is 44.2 Å². The van der Waals surface area contributed by atoms with Crippen LogP contribution in [-0.4, -0.2) is 69.1 Å². The molecule has 1 saturated heterocycles. The number of hydrogen-bond acceptors (Lipinski definition) is 6. The molecule has 3 heterocycles. The molecule has 0 atom stereocenters. The molecule has 7 nitrogen and oxygen atoms in total. The van der Waals surface area contributed by atoms with Crippen LogP contribution in [0.3, 0.4) is 0 Å². The summed E-state index contributed by atoms with van der Waals surface area (Å²) in [5.74, 6) is 0.582. The summed E-state index contributed by atoms with van der Waals surface area (Å²) < 4.78 is 14.9. The smallest absolute Gasteiger partial charge is 0.168 e. The molecule has 1 aromatic carbocycles. The van der Waals surface area contributed by atoms with Crippen LogP contribution in [0.1, 0.15) is 0 Å². The van der Waals surface area contributed by atoms with Gasteiger partial charge in [0.1, 0.15) is 18.0 Å². The number of aromatic nitrogens is 4. The third-order valence-electron chi connectivity index (χ3n) is 4.50. The zero-order valence-electron chi connectivity index (χ0n) is 13.7. The van der Waals surface area contributed by atoms with E-state index >= 15 is 0 Å². The molecule has 1 N–H and O–H groups in total. The average Bonchev–Trinajstić information content (AvgIpc) is 3.08. The van der Waals surface area contributed by atoms with Crippen molar-refractivity contribution in [1.82, 2.24) is 24.6 Å². The van der Waals surface area contributed by atoms with Crippen molar-refractivity contribution in [3.63, 3.8) is 0 Å². The van der Waals surface area contributed by atoms with E-state index in [1.165, 1.54) is 12.1 Å². The summed E-state index contributed by atoms with van der Waals surface area (Å²) in [6.07, 6.45) is 3.30. The van der Waals surface area contributed by atoms with E-state index in [2.05, 4.69) is 24.9 Å². The normalized spacial score (nSPS) is 15.8. The Morgan fingerprint density at radius 3 is 2.52 bits per heavy atom. The highest BCUT2D eigenvalue weighted by molar-refractivity contribution is 5.87. The Morgan fingerprint density at radius 1 is 1.04 bits per heavy atom. The van der Waals surface area contributed by atoms with Gasteiger partial charge in [-0.3, -0.25) is 4.90 Å². The van der Waals surface area contributed by atoms with E-state index in [1.807, 2.05) is 0 Å². The fourth-order valence-corrected chi connectivity index (χ4v) is 3.18. The van der Waals surface area contributed by atoms with Gasteiger partial charge in [-0.1, -0.05) is 0 Å². The molecule has 2 aromatic heterocycles. The SMILES string of the molecule is OCCN1CCN(c2ncnc3c2cnn3-c2ccc(F)cc2)CC1. The van der Waals surface area contributed by atoms with Gasteiger partial charge in [-0.2, -0.15) is 5.10 Å². The van der Waals surface area contributed by atoms with Crippen LogP contribution in [0, 0.1) is 5.82 Å². The van der Waals surface area contributed by atoms with Crippen LogP contribution < -0.4 is 4.90 Å². The Hall–Kier alpha value is -2.58. The molecule has 1 aliphatic heterocycles. The van der Waals surface area contributed by atoms with Crippen LogP contribution in [0.5, 0.6) is 0 Å². The largest absolute Gasteiger partial charge is 0.395 e. The summed E-state index contributed by atoms with van der Waals surface area (Å²) >= 11 is 0. The fraction of sp³-hybridized carbons (Fsp3) is 0.353. The topological polar surface area (TPSA) is 70.3 Å². The Labute approximate surface area is 144 Å². The number of fused-ring (bicyclic) bond motifs is 1. The number of piperazine rings is 1. The first-order valence-corrected chi connectivity index (χ1v) is 8.29. The lowest BCUT2D eigenvalue weighted by Crippen LogP contribution is -2.47. The molecule has 4 rings (SSSR count). The minimum Gasteiger partial charge on any atom is -0.395 e. The second-order valence-electron chi connectivity index (χ2n) is 6.02. The third kappa shape index (κ3) is 3.06. The molecule has 130 valence electrons. The minimum absolute atomic E-state index is 0.183. The Balaban J connectivity index is 1.65. The molecule has 0 aliphatic carbocycles. The number of anilines is 1.